The van der Waals surface area contributed by atoms with Gasteiger partial charge < -0.3 is 14.4 Å². The summed E-state index contributed by atoms with van der Waals surface area (Å²) < 4.78 is 10.1. The van der Waals surface area contributed by atoms with Crippen LogP contribution in [0.15, 0.2) is 48.5 Å². The van der Waals surface area contributed by atoms with E-state index in [0.717, 1.165) is 49.2 Å². The second kappa shape index (κ2) is 11.5. The van der Waals surface area contributed by atoms with Gasteiger partial charge in [-0.2, -0.15) is 5.26 Å². The van der Waals surface area contributed by atoms with Crippen LogP contribution in [0.3, 0.4) is 0 Å². The molecule has 0 saturated heterocycles. The average Bonchev–Trinajstić information content (AvgIpc) is 2.80. The zero-order valence-electron chi connectivity index (χ0n) is 19.4. The number of carbonyl (C=O) groups excluding carboxylic acids is 1. The minimum absolute atomic E-state index is 0.206. The fourth-order valence-electron chi connectivity index (χ4n) is 3.94. The molecule has 31 heavy (non-hydrogen) atoms. The van der Waals surface area contributed by atoms with Gasteiger partial charge in [-0.1, -0.05) is 38.1 Å². The Kier molecular flexibility index (Phi) is 9.08. The first-order valence-electron chi connectivity index (χ1n) is 10.8. The summed E-state index contributed by atoms with van der Waals surface area (Å²) in [6, 6.07) is 18.1. The molecule has 0 spiro atoms. The quantitative estimate of drug-likeness (QED) is 0.484. The van der Waals surface area contributed by atoms with Gasteiger partial charge in [-0.05, 0) is 74.2 Å². The first-order chi connectivity index (χ1) is 14.9. The molecular formula is C26H34N2O3. The number of hydrogen-bond acceptors (Lipinski definition) is 5. The molecule has 1 unspecified atom stereocenters. The number of hydrogen-bond donors (Lipinski definition) is 0. The van der Waals surface area contributed by atoms with Gasteiger partial charge in [0, 0.05) is 6.54 Å². The Morgan fingerprint density at radius 2 is 1.84 bits per heavy atom. The maximum Gasteiger partial charge on any atom is 0.337 e. The zero-order valence-corrected chi connectivity index (χ0v) is 19.4. The zero-order chi connectivity index (χ0) is 22.9. The topological polar surface area (TPSA) is 62.6 Å². The summed E-state index contributed by atoms with van der Waals surface area (Å²) in [6.07, 6.45) is 2.58. The van der Waals surface area contributed by atoms with Crippen molar-refractivity contribution in [2.45, 2.75) is 38.5 Å². The second-order valence-electron chi connectivity index (χ2n) is 8.32. The van der Waals surface area contributed by atoms with Gasteiger partial charge in [0.25, 0.3) is 0 Å². The number of nitriles is 1. The summed E-state index contributed by atoms with van der Waals surface area (Å²) in [5.41, 5.74) is 2.23. The lowest BCUT2D eigenvalue weighted by molar-refractivity contribution is 0.0600. The van der Waals surface area contributed by atoms with Gasteiger partial charge in [0.05, 0.1) is 31.3 Å². The van der Waals surface area contributed by atoms with Crippen molar-refractivity contribution in [3.63, 3.8) is 0 Å². The highest BCUT2D eigenvalue weighted by Crippen LogP contribution is 2.37. The monoisotopic (exact) mass is 422 g/mol. The van der Waals surface area contributed by atoms with Gasteiger partial charge in [0.1, 0.15) is 5.75 Å². The lowest BCUT2D eigenvalue weighted by Gasteiger charge is -2.32. The maximum absolute atomic E-state index is 11.7. The van der Waals surface area contributed by atoms with Gasteiger partial charge in [0.15, 0.2) is 0 Å². The van der Waals surface area contributed by atoms with Crippen molar-refractivity contribution in [3.05, 3.63) is 65.2 Å². The van der Waals surface area contributed by atoms with Crippen LogP contribution in [0.25, 0.3) is 0 Å². The van der Waals surface area contributed by atoms with E-state index in [1.807, 2.05) is 42.5 Å². The van der Waals surface area contributed by atoms with Crippen molar-refractivity contribution >= 4 is 5.97 Å². The Bertz CT molecular complexity index is 886. The minimum Gasteiger partial charge on any atom is -0.497 e. The molecule has 166 valence electrons. The summed E-state index contributed by atoms with van der Waals surface area (Å²) in [4.78, 5) is 14.0. The van der Waals surface area contributed by atoms with Gasteiger partial charge >= 0.3 is 5.97 Å². The number of rotatable bonds is 11. The highest BCUT2D eigenvalue weighted by Gasteiger charge is 2.35. The minimum atomic E-state index is -0.512. The molecule has 2 aromatic rings. The molecule has 0 saturated carbocycles. The standard InChI is InChI=1S/C26H34N2O3/c1-20(2)26(19-27,23-10-12-24(30-4)13-11-23)15-7-16-28(3)17-14-21-8-6-9-22(18-21)25(29)31-5/h6,8-13,18,20H,7,14-17H2,1-5H3. The first-order valence-corrected chi connectivity index (χ1v) is 10.8. The Labute approximate surface area is 186 Å². The Morgan fingerprint density at radius 3 is 2.42 bits per heavy atom. The molecule has 5 heteroatoms. The van der Waals surface area contributed by atoms with Crippen LogP contribution in [0, 0.1) is 17.2 Å². The van der Waals surface area contributed by atoms with Crippen LogP contribution >= 0.6 is 0 Å². The van der Waals surface area contributed by atoms with E-state index in [0.29, 0.717) is 5.56 Å². The molecule has 0 aliphatic heterocycles. The molecule has 0 aromatic heterocycles. The molecule has 0 heterocycles. The van der Waals surface area contributed by atoms with Crippen molar-refractivity contribution in [2.24, 2.45) is 5.92 Å². The summed E-state index contributed by atoms with van der Waals surface area (Å²) >= 11 is 0. The summed E-state index contributed by atoms with van der Waals surface area (Å²) in [5.74, 6) is 0.697. The highest BCUT2D eigenvalue weighted by atomic mass is 16.5. The lowest BCUT2D eigenvalue weighted by Crippen LogP contribution is -2.32. The number of nitrogens with zero attached hydrogens (tertiary/aromatic N) is 2. The normalized spacial score (nSPS) is 13.0. The highest BCUT2D eigenvalue weighted by molar-refractivity contribution is 5.89. The predicted molar refractivity (Wildman–Crippen MR) is 123 cm³/mol. The maximum atomic E-state index is 11.7. The molecule has 2 rings (SSSR count). The van der Waals surface area contributed by atoms with Crippen LogP contribution < -0.4 is 4.74 Å². The van der Waals surface area contributed by atoms with E-state index >= 15 is 0 Å². The first kappa shape index (κ1) is 24.4. The second-order valence-corrected chi connectivity index (χ2v) is 8.32. The van der Waals surface area contributed by atoms with Crippen LogP contribution in [0.4, 0.5) is 0 Å². The Morgan fingerprint density at radius 1 is 1.13 bits per heavy atom. The largest absolute Gasteiger partial charge is 0.497 e. The predicted octanol–water partition coefficient (Wildman–Crippen LogP) is 4.85. The van der Waals surface area contributed by atoms with Crippen molar-refractivity contribution in [1.82, 2.24) is 4.90 Å². The third kappa shape index (κ3) is 6.32. The van der Waals surface area contributed by atoms with E-state index in [1.165, 1.54) is 7.11 Å². The van der Waals surface area contributed by atoms with E-state index in [-0.39, 0.29) is 11.9 Å². The van der Waals surface area contributed by atoms with Crippen LogP contribution in [0.5, 0.6) is 5.75 Å². The summed E-state index contributed by atoms with van der Waals surface area (Å²) in [5, 5.41) is 10.1. The average molecular weight is 423 g/mol. The Hall–Kier alpha value is -2.84. The van der Waals surface area contributed by atoms with E-state index in [4.69, 9.17) is 9.47 Å². The summed E-state index contributed by atoms with van der Waals surface area (Å²) in [7, 11) is 5.14. The summed E-state index contributed by atoms with van der Waals surface area (Å²) in [6.45, 7) is 6.02. The van der Waals surface area contributed by atoms with Crippen LogP contribution in [-0.4, -0.2) is 45.2 Å². The van der Waals surface area contributed by atoms with E-state index < -0.39 is 5.41 Å². The molecule has 0 amide bonds. The number of methoxy groups -OCH3 is 2. The third-order valence-electron chi connectivity index (χ3n) is 6.03. The molecule has 0 aliphatic carbocycles. The number of carbonyl (C=O) groups is 1. The van der Waals surface area contributed by atoms with Crippen LogP contribution in [-0.2, 0) is 16.6 Å². The van der Waals surface area contributed by atoms with E-state index in [2.05, 4.69) is 31.9 Å². The molecule has 0 bridgehead atoms. The van der Waals surface area contributed by atoms with Gasteiger partial charge in [-0.25, -0.2) is 4.79 Å². The van der Waals surface area contributed by atoms with Gasteiger partial charge in [-0.15, -0.1) is 0 Å². The number of esters is 1. The van der Waals surface area contributed by atoms with Crippen molar-refractivity contribution in [1.29, 1.82) is 5.26 Å². The van der Waals surface area contributed by atoms with Crippen molar-refractivity contribution in [2.75, 3.05) is 34.4 Å². The Balaban J connectivity index is 1.94. The lowest BCUT2D eigenvalue weighted by atomic mass is 9.70. The number of likely N-dealkylation sites (N-methyl/N-ethyl adjacent to an activating group) is 1. The fourth-order valence-corrected chi connectivity index (χ4v) is 3.94. The molecule has 1 atom stereocenters. The number of benzene rings is 2. The number of ether oxygens (including phenoxy) is 2. The fraction of sp³-hybridized carbons (Fsp3) is 0.462. The molecule has 0 fully saturated rings. The van der Waals surface area contributed by atoms with Crippen molar-refractivity contribution < 1.29 is 14.3 Å². The van der Waals surface area contributed by atoms with Crippen LogP contribution in [0.1, 0.15) is 48.2 Å². The smallest absolute Gasteiger partial charge is 0.337 e. The molecule has 2 aromatic carbocycles. The SMILES string of the molecule is COC(=O)c1cccc(CCN(C)CCCC(C#N)(c2ccc(OC)cc2)C(C)C)c1. The molecular weight excluding hydrogens is 388 g/mol. The molecule has 0 N–H and O–H groups in total. The van der Waals surface area contributed by atoms with Gasteiger partial charge in [0.2, 0.25) is 0 Å². The van der Waals surface area contributed by atoms with E-state index in [1.54, 1.807) is 13.2 Å². The van der Waals surface area contributed by atoms with Crippen LogP contribution in [0.2, 0.25) is 0 Å². The molecule has 5 nitrogen and oxygen atoms in total. The van der Waals surface area contributed by atoms with Crippen molar-refractivity contribution in [3.8, 4) is 11.8 Å². The third-order valence-corrected chi connectivity index (χ3v) is 6.03. The van der Waals surface area contributed by atoms with Gasteiger partial charge in [-0.3, -0.25) is 0 Å². The molecule has 0 aliphatic rings. The molecule has 0 radical (unpaired) electrons. The van der Waals surface area contributed by atoms with E-state index in [9.17, 15) is 10.1 Å².